The molecule has 4 rings (SSSR count). The molecule has 24 heavy (non-hydrogen) atoms. The van der Waals surface area contributed by atoms with Crippen LogP contribution in [0.2, 0.25) is 0 Å². The van der Waals surface area contributed by atoms with Crippen LogP contribution in [0, 0.1) is 0 Å². The predicted octanol–water partition coefficient (Wildman–Crippen LogP) is 5.75. The van der Waals surface area contributed by atoms with E-state index in [9.17, 15) is 5.11 Å². The molecule has 0 fully saturated rings. The van der Waals surface area contributed by atoms with Crippen LogP contribution in [0.4, 0.5) is 0 Å². The maximum atomic E-state index is 10.4. The van der Waals surface area contributed by atoms with E-state index in [4.69, 9.17) is 0 Å². The second kappa shape index (κ2) is 6.17. The van der Waals surface area contributed by atoms with Gasteiger partial charge in [0.2, 0.25) is 0 Å². The molecule has 0 saturated heterocycles. The van der Waals surface area contributed by atoms with Crippen molar-refractivity contribution in [2.24, 2.45) is 0 Å². The summed E-state index contributed by atoms with van der Waals surface area (Å²) in [5.74, 6) is 0.310. The van der Waals surface area contributed by atoms with E-state index in [0.29, 0.717) is 5.75 Å². The summed E-state index contributed by atoms with van der Waals surface area (Å²) in [4.78, 5) is 0. The molecule has 0 bridgehead atoms. The highest BCUT2D eigenvalue weighted by molar-refractivity contribution is 9.10. The van der Waals surface area contributed by atoms with Gasteiger partial charge in [-0.1, -0.05) is 64.5 Å². The third-order valence-corrected chi connectivity index (χ3v) is 4.80. The van der Waals surface area contributed by atoms with Gasteiger partial charge in [0.05, 0.1) is 6.04 Å². The van der Waals surface area contributed by atoms with E-state index in [1.165, 1.54) is 5.39 Å². The fraction of sp³-hybridized carbons (Fsp3) is 0.0476. The molecule has 0 saturated carbocycles. The Morgan fingerprint density at radius 1 is 0.833 bits per heavy atom. The third-order valence-electron chi connectivity index (χ3n) is 4.31. The standard InChI is InChI=1S/C21H16BrNO/c22-17-10-11-19-16(14-17)12-13-23(19)21(15-6-2-1-3-7-15)18-8-4-5-9-20(18)24/h1-14,21,24H. The van der Waals surface area contributed by atoms with Crippen LogP contribution in [0.3, 0.4) is 0 Å². The molecule has 1 N–H and O–H groups in total. The highest BCUT2D eigenvalue weighted by Crippen LogP contribution is 2.35. The molecular weight excluding hydrogens is 362 g/mol. The Morgan fingerprint density at radius 3 is 2.38 bits per heavy atom. The van der Waals surface area contributed by atoms with Gasteiger partial charge in [0, 0.05) is 27.1 Å². The van der Waals surface area contributed by atoms with Crippen LogP contribution in [0.1, 0.15) is 17.2 Å². The lowest BCUT2D eigenvalue weighted by Crippen LogP contribution is -2.11. The molecule has 4 aromatic rings. The van der Waals surface area contributed by atoms with Crippen LogP contribution in [0.25, 0.3) is 10.9 Å². The predicted molar refractivity (Wildman–Crippen MR) is 101 cm³/mol. The second-order valence-corrected chi connectivity index (χ2v) is 6.71. The maximum absolute atomic E-state index is 10.4. The highest BCUT2D eigenvalue weighted by atomic mass is 79.9. The van der Waals surface area contributed by atoms with Crippen molar-refractivity contribution in [3.8, 4) is 5.75 Å². The van der Waals surface area contributed by atoms with Crippen LogP contribution < -0.4 is 0 Å². The Morgan fingerprint density at radius 2 is 1.58 bits per heavy atom. The summed E-state index contributed by atoms with van der Waals surface area (Å²) in [7, 11) is 0. The summed E-state index contributed by atoms with van der Waals surface area (Å²) < 4.78 is 3.28. The van der Waals surface area contributed by atoms with Crippen molar-refractivity contribution >= 4 is 26.8 Å². The Kier molecular flexibility index (Phi) is 3.87. The summed E-state index contributed by atoms with van der Waals surface area (Å²) in [6.45, 7) is 0. The van der Waals surface area contributed by atoms with E-state index < -0.39 is 0 Å². The van der Waals surface area contributed by atoms with E-state index in [1.807, 2.05) is 42.5 Å². The maximum Gasteiger partial charge on any atom is 0.121 e. The summed E-state index contributed by atoms with van der Waals surface area (Å²) in [6.07, 6.45) is 2.08. The zero-order chi connectivity index (χ0) is 16.5. The molecule has 1 aromatic heterocycles. The number of rotatable bonds is 3. The summed E-state index contributed by atoms with van der Waals surface area (Å²) in [6, 6.07) is 26.1. The number of aromatic nitrogens is 1. The summed E-state index contributed by atoms with van der Waals surface area (Å²) in [5, 5.41) is 11.6. The van der Waals surface area contributed by atoms with Gasteiger partial charge in [-0.15, -0.1) is 0 Å². The Balaban J connectivity index is 1.97. The van der Waals surface area contributed by atoms with Gasteiger partial charge >= 0.3 is 0 Å². The minimum absolute atomic E-state index is 0.0777. The van der Waals surface area contributed by atoms with Crippen LogP contribution in [0.5, 0.6) is 5.75 Å². The minimum atomic E-state index is -0.0777. The van der Waals surface area contributed by atoms with E-state index in [0.717, 1.165) is 21.1 Å². The molecule has 118 valence electrons. The number of aromatic hydroxyl groups is 1. The second-order valence-electron chi connectivity index (χ2n) is 5.80. The van der Waals surface area contributed by atoms with E-state index in [2.05, 4.69) is 57.0 Å². The lowest BCUT2D eigenvalue weighted by Gasteiger charge is -2.22. The topological polar surface area (TPSA) is 25.2 Å². The van der Waals surface area contributed by atoms with Crippen molar-refractivity contribution in [2.75, 3.05) is 0 Å². The number of hydrogen-bond donors (Lipinski definition) is 1. The lowest BCUT2D eigenvalue weighted by atomic mass is 9.97. The Labute approximate surface area is 149 Å². The molecule has 0 aliphatic carbocycles. The quantitative estimate of drug-likeness (QED) is 0.483. The highest BCUT2D eigenvalue weighted by Gasteiger charge is 2.20. The SMILES string of the molecule is Oc1ccccc1C(c1ccccc1)n1ccc2cc(Br)ccc21. The summed E-state index contributed by atoms with van der Waals surface area (Å²) in [5.41, 5.74) is 3.17. The van der Waals surface area contributed by atoms with Crippen molar-refractivity contribution in [3.05, 3.63) is 101 Å². The molecule has 0 spiro atoms. The number of nitrogens with zero attached hydrogens (tertiary/aromatic N) is 1. The average molecular weight is 378 g/mol. The third kappa shape index (κ3) is 2.61. The van der Waals surface area contributed by atoms with Gasteiger partial charge in [0.1, 0.15) is 5.75 Å². The van der Waals surface area contributed by atoms with Crippen molar-refractivity contribution in [3.63, 3.8) is 0 Å². The fourth-order valence-corrected chi connectivity index (χ4v) is 3.58. The van der Waals surface area contributed by atoms with Gasteiger partial charge in [0.25, 0.3) is 0 Å². The molecule has 1 atom stereocenters. The normalized spacial score (nSPS) is 12.4. The van der Waals surface area contributed by atoms with Crippen molar-refractivity contribution < 1.29 is 5.11 Å². The largest absolute Gasteiger partial charge is 0.508 e. The van der Waals surface area contributed by atoms with Crippen LogP contribution >= 0.6 is 15.9 Å². The van der Waals surface area contributed by atoms with E-state index in [1.54, 1.807) is 6.07 Å². The Hall–Kier alpha value is -2.52. The van der Waals surface area contributed by atoms with Gasteiger partial charge < -0.3 is 9.67 Å². The minimum Gasteiger partial charge on any atom is -0.508 e. The van der Waals surface area contributed by atoms with Crippen LogP contribution in [-0.2, 0) is 0 Å². The molecule has 1 heterocycles. The monoisotopic (exact) mass is 377 g/mol. The first-order valence-corrected chi connectivity index (χ1v) is 8.62. The Bertz CT molecular complexity index is 991. The van der Waals surface area contributed by atoms with Crippen molar-refractivity contribution in [1.82, 2.24) is 4.57 Å². The molecule has 0 radical (unpaired) electrons. The van der Waals surface area contributed by atoms with Gasteiger partial charge in [-0.05, 0) is 35.9 Å². The lowest BCUT2D eigenvalue weighted by molar-refractivity contribution is 0.461. The molecule has 2 nitrogen and oxygen atoms in total. The van der Waals surface area contributed by atoms with E-state index >= 15 is 0 Å². The van der Waals surface area contributed by atoms with Gasteiger partial charge in [0.15, 0.2) is 0 Å². The number of phenolic OH excluding ortho intramolecular Hbond substituents is 1. The first kappa shape index (κ1) is 15.0. The molecule has 3 heteroatoms. The number of hydrogen-bond acceptors (Lipinski definition) is 1. The van der Waals surface area contributed by atoms with Gasteiger partial charge in [-0.2, -0.15) is 0 Å². The van der Waals surface area contributed by atoms with Crippen molar-refractivity contribution in [2.45, 2.75) is 6.04 Å². The van der Waals surface area contributed by atoms with E-state index in [-0.39, 0.29) is 6.04 Å². The number of fused-ring (bicyclic) bond motifs is 1. The molecule has 1 unspecified atom stereocenters. The number of phenols is 1. The molecular formula is C21H16BrNO. The smallest absolute Gasteiger partial charge is 0.121 e. The number of para-hydroxylation sites is 1. The van der Waals surface area contributed by atoms with Crippen molar-refractivity contribution in [1.29, 1.82) is 0 Å². The molecule has 3 aromatic carbocycles. The molecule has 0 aliphatic rings. The van der Waals surface area contributed by atoms with Gasteiger partial charge in [-0.3, -0.25) is 0 Å². The average Bonchev–Trinajstić information content (AvgIpc) is 3.01. The number of benzene rings is 3. The fourth-order valence-electron chi connectivity index (χ4n) is 3.20. The molecule has 0 aliphatic heterocycles. The molecule has 0 amide bonds. The number of halogens is 1. The zero-order valence-electron chi connectivity index (χ0n) is 12.9. The first-order chi connectivity index (χ1) is 11.7. The van der Waals surface area contributed by atoms with Gasteiger partial charge in [-0.25, -0.2) is 0 Å². The summed E-state index contributed by atoms with van der Waals surface area (Å²) >= 11 is 3.53. The first-order valence-electron chi connectivity index (χ1n) is 7.83. The van der Waals surface area contributed by atoms with Crippen LogP contribution in [0.15, 0.2) is 89.5 Å². The van der Waals surface area contributed by atoms with Crippen LogP contribution in [-0.4, -0.2) is 9.67 Å². The zero-order valence-corrected chi connectivity index (χ0v) is 14.5.